The molecule has 0 bridgehead atoms. The monoisotopic (exact) mass is 390 g/mol. The lowest BCUT2D eigenvalue weighted by molar-refractivity contribution is -0.116. The number of fused-ring (bicyclic) bond motifs is 1. The van der Waals surface area contributed by atoms with Gasteiger partial charge in [0.1, 0.15) is 12.3 Å². The van der Waals surface area contributed by atoms with Gasteiger partial charge in [-0.15, -0.1) is 10.2 Å². The van der Waals surface area contributed by atoms with Gasteiger partial charge in [-0.25, -0.2) is 0 Å². The lowest BCUT2D eigenvalue weighted by Gasteiger charge is -2.13. The van der Waals surface area contributed by atoms with Crippen LogP contribution in [0.2, 0.25) is 0 Å². The van der Waals surface area contributed by atoms with Gasteiger partial charge < -0.3 is 19.0 Å². The number of ether oxygens (including phenoxy) is 1. The Balaban J connectivity index is 1.62. The SMILES string of the molecule is COc1ccc(-c2nnc(C)o2)cc1NC(=O)Cn1ccc(=O)c2ccccc21. The first-order valence-corrected chi connectivity index (χ1v) is 8.92. The molecule has 2 aromatic heterocycles. The minimum absolute atomic E-state index is 0.0356. The molecule has 2 heterocycles. The quantitative estimate of drug-likeness (QED) is 0.562. The molecule has 1 amide bonds. The Bertz CT molecular complexity index is 1260. The Labute approximate surface area is 165 Å². The molecule has 0 saturated heterocycles. The second kappa shape index (κ2) is 7.59. The largest absolute Gasteiger partial charge is 0.495 e. The molecule has 0 aliphatic rings. The fourth-order valence-corrected chi connectivity index (χ4v) is 3.09. The van der Waals surface area contributed by atoms with Gasteiger partial charge in [0.25, 0.3) is 0 Å². The molecule has 8 nitrogen and oxygen atoms in total. The Morgan fingerprint density at radius 2 is 2.00 bits per heavy atom. The summed E-state index contributed by atoms with van der Waals surface area (Å²) in [5.74, 6) is 1.04. The van der Waals surface area contributed by atoms with Crippen LogP contribution in [0.5, 0.6) is 5.75 Å². The molecule has 0 atom stereocenters. The highest BCUT2D eigenvalue weighted by atomic mass is 16.5. The zero-order valence-electron chi connectivity index (χ0n) is 15.9. The highest BCUT2D eigenvalue weighted by molar-refractivity contribution is 5.94. The number of anilines is 1. The van der Waals surface area contributed by atoms with Gasteiger partial charge in [0.15, 0.2) is 5.43 Å². The normalized spacial score (nSPS) is 10.8. The topological polar surface area (TPSA) is 99.2 Å². The standard InChI is InChI=1S/C21H18N4O4/c1-13-23-24-21(29-13)14-7-8-19(28-2)16(11-14)22-20(27)12-25-10-9-18(26)15-5-3-4-6-17(15)25/h3-11H,12H2,1-2H3,(H,22,27). The number of aromatic nitrogens is 3. The summed E-state index contributed by atoms with van der Waals surface area (Å²) in [7, 11) is 1.52. The second-order valence-electron chi connectivity index (χ2n) is 6.41. The van der Waals surface area contributed by atoms with Gasteiger partial charge in [0, 0.05) is 30.1 Å². The summed E-state index contributed by atoms with van der Waals surface area (Å²) in [4.78, 5) is 24.7. The molecule has 4 aromatic rings. The number of hydrogen-bond donors (Lipinski definition) is 1. The minimum atomic E-state index is -0.268. The molecule has 29 heavy (non-hydrogen) atoms. The van der Waals surface area contributed by atoms with Crippen molar-refractivity contribution < 1.29 is 13.9 Å². The van der Waals surface area contributed by atoms with Crippen LogP contribution in [0.1, 0.15) is 5.89 Å². The number of rotatable bonds is 5. The van der Waals surface area contributed by atoms with Crippen LogP contribution < -0.4 is 15.5 Å². The van der Waals surface area contributed by atoms with Gasteiger partial charge in [0.05, 0.1) is 18.3 Å². The van der Waals surface area contributed by atoms with Gasteiger partial charge in [0.2, 0.25) is 17.7 Å². The first-order chi connectivity index (χ1) is 14.0. The van der Waals surface area contributed by atoms with Crippen LogP contribution in [-0.4, -0.2) is 27.8 Å². The van der Waals surface area contributed by atoms with E-state index in [4.69, 9.17) is 9.15 Å². The van der Waals surface area contributed by atoms with Gasteiger partial charge in [-0.3, -0.25) is 9.59 Å². The molecular weight excluding hydrogens is 372 g/mol. The number of methoxy groups -OCH3 is 1. The number of hydrogen-bond acceptors (Lipinski definition) is 6. The molecular formula is C21H18N4O4. The summed E-state index contributed by atoms with van der Waals surface area (Å²) < 4.78 is 12.5. The van der Waals surface area contributed by atoms with Gasteiger partial charge in [-0.1, -0.05) is 12.1 Å². The zero-order chi connectivity index (χ0) is 20.4. The van der Waals surface area contributed by atoms with Crippen LogP contribution in [0.3, 0.4) is 0 Å². The van der Waals surface area contributed by atoms with Crippen LogP contribution in [0.15, 0.2) is 63.9 Å². The number of aryl methyl sites for hydroxylation is 1. The molecule has 0 unspecified atom stereocenters. The first kappa shape index (κ1) is 18.4. The predicted molar refractivity (Wildman–Crippen MR) is 108 cm³/mol. The molecule has 2 aromatic carbocycles. The summed E-state index contributed by atoms with van der Waals surface area (Å²) in [6.45, 7) is 1.74. The fraction of sp³-hybridized carbons (Fsp3) is 0.143. The first-order valence-electron chi connectivity index (χ1n) is 8.92. The smallest absolute Gasteiger partial charge is 0.247 e. The van der Waals surface area contributed by atoms with E-state index in [1.807, 2.05) is 12.1 Å². The van der Waals surface area contributed by atoms with E-state index in [-0.39, 0.29) is 17.9 Å². The van der Waals surface area contributed by atoms with E-state index >= 15 is 0 Å². The number of pyridine rings is 1. The average Bonchev–Trinajstić information content (AvgIpc) is 3.16. The summed E-state index contributed by atoms with van der Waals surface area (Å²) in [5.41, 5.74) is 1.75. The number of nitrogens with zero attached hydrogens (tertiary/aromatic N) is 3. The molecule has 4 rings (SSSR count). The molecule has 0 saturated carbocycles. The van der Waals surface area contributed by atoms with E-state index in [1.54, 1.807) is 48.0 Å². The summed E-state index contributed by atoms with van der Waals surface area (Å²) in [6.07, 6.45) is 1.61. The highest BCUT2D eigenvalue weighted by Gasteiger charge is 2.13. The van der Waals surface area contributed by atoms with E-state index in [1.165, 1.54) is 13.2 Å². The van der Waals surface area contributed by atoms with E-state index in [0.29, 0.717) is 39.7 Å². The molecule has 0 spiro atoms. The maximum atomic E-state index is 12.7. The van der Waals surface area contributed by atoms with Crippen molar-refractivity contribution >= 4 is 22.5 Å². The number of nitrogens with one attached hydrogen (secondary N) is 1. The van der Waals surface area contributed by atoms with Crippen LogP contribution in [0, 0.1) is 6.92 Å². The van der Waals surface area contributed by atoms with Crippen LogP contribution in [0.4, 0.5) is 5.69 Å². The van der Waals surface area contributed by atoms with Gasteiger partial charge in [-0.2, -0.15) is 0 Å². The van der Waals surface area contributed by atoms with Crippen molar-refractivity contribution in [1.82, 2.24) is 14.8 Å². The number of carbonyl (C=O) groups excluding carboxylic acids is 1. The van der Waals surface area contributed by atoms with E-state index in [9.17, 15) is 9.59 Å². The maximum Gasteiger partial charge on any atom is 0.247 e. The highest BCUT2D eigenvalue weighted by Crippen LogP contribution is 2.30. The van der Waals surface area contributed by atoms with Crippen LogP contribution in [-0.2, 0) is 11.3 Å². The van der Waals surface area contributed by atoms with Crippen molar-refractivity contribution in [1.29, 1.82) is 0 Å². The number of para-hydroxylation sites is 1. The summed E-state index contributed by atoms with van der Waals surface area (Å²) >= 11 is 0. The summed E-state index contributed by atoms with van der Waals surface area (Å²) in [5, 5.41) is 11.2. The molecule has 146 valence electrons. The number of carbonyl (C=O) groups is 1. The third kappa shape index (κ3) is 3.73. The van der Waals surface area contributed by atoms with Crippen molar-refractivity contribution in [2.75, 3.05) is 12.4 Å². The zero-order valence-corrected chi connectivity index (χ0v) is 15.9. The lowest BCUT2D eigenvalue weighted by atomic mass is 10.2. The third-order valence-electron chi connectivity index (χ3n) is 4.45. The number of benzene rings is 2. The Kier molecular flexibility index (Phi) is 4.82. The summed E-state index contributed by atoms with van der Waals surface area (Å²) in [6, 6.07) is 13.8. The lowest BCUT2D eigenvalue weighted by Crippen LogP contribution is -2.20. The Hall–Kier alpha value is -3.94. The second-order valence-corrected chi connectivity index (χ2v) is 6.41. The fourth-order valence-electron chi connectivity index (χ4n) is 3.09. The Morgan fingerprint density at radius 1 is 1.17 bits per heavy atom. The van der Waals surface area contributed by atoms with Crippen LogP contribution >= 0.6 is 0 Å². The molecule has 0 radical (unpaired) electrons. The maximum absolute atomic E-state index is 12.7. The third-order valence-corrected chi connectivity index (χ3v) is 4.45. The molecule has 0 aliphatic heterocycles. The molecule has 1 N–H and O–H groups in total. The van der Waals surface area contributed by atoms with E-state index in [0.717, 1.165) is 0 Å². The molecule has 8 heteroatoms. The van der Waals surface area contributed by atoms with Crippen molar-refractivity contribution in [3.63, 3.8) is 0 Å². The van der Waals surface area contributed by atoms with Crippen molar-refractivity contribution in [3.8, 4) is 17.2 Å². The molecule has 0 aliphatic carbocycles. The minimum Gasteiger partial charge on any atom is -0.495 e. The Morgan fingerprint density at radius 3 is 2.76 bits per heavy atom. The van der Waals surface area contributed by atoms with Crippen LogP contribution in [0.25, 0.3) is 22.4 Å². The average molecular weight is 390 g/mol. The van der Waals surface area contributed by atoms with Crippen molar-refractivity contribution in [2.45, 2.75) is 13.5 Å². The van der Waals surface area contributed by atoms with E-state index < -0.39 is 0 Å². The predicted octanol–water partition coefficient (Wildman–Crippen LogP) is 3.01. The van der Waals surface area contributed by atoms with Gasteiger partial charge >= 0.3 is 0 Å². The van der Waals surface area contributed by atoms with Crippen molar-refractivity contribution in [3.05, 3.63) is 70.8 Å². The van der Waals surface area contributed by atoms with E-state index in [2.05, 4.69) is 15.5 Å². The molecule has 0 fully saturated rings. The van der Waals surface area contributed by atoms with Gasteiger partial charge in [-0.05, 0) is 30.3 Å². The number of amides is 1. The van der Waals surface area contributed by atoms with Crippen molar-refractivity contribution in [2.24, 2.45) is 0 Å².